The summed E-state index contributed by atoms with van der Waals surface area (Å²) in [6, 6.07) is 8.11. The van der Waals surface area contributed by atoms with Crippen molar-refractivity contribution in [2.24, 2.45) is 10.9 Å². The van der Waals surface area contributed by atoms with Gasteiger partial charge >= 0.3 is 0 Å². The van der Waals surface area contributed by atoms with E-state index in [9.17, 15) is 5.11 Å². The van der Waals surface area contributed by atoms with Gasteiger partial charge < -0.3 is 20.6 Å². The van der Waals surface area contributed by atoms with E-state index in [-0.39, 0.29) is 0 Å². The Morgan fingerprint density at radius 3 is 2.72 bits per heavy atom. The first kappa shape index (κ1) is 21.6. The largest absolute Gasteiger partial charge is 0.383 e. The number of hydrogen-bond acceptors (Lipinski definition) is 5. The number of nitrogens with zero attached hydrogens (tertiary/aromatic N) is 3. The van der Waals surface area contributed by atoms with Gasteiger partial charge in [-0.15, -0.1) is 11.3 Å². The molecular weight excluding hydrogens is 382 g/mol. The van der Waals surface area contributed by atoms with Crippen LogP contribution in [0.5, 0.6) is 0 Å². The third kappa shape index (κ3) is 6.18. The molecule has 6 nitrogen and oxygen atoms in total. The Balaban J connectivity index is 1.56. The number of guanidine groups is 1. The summed E-state index contributed by atoms with van der Waals surface area (Å²) in [6.07, 6.45) is 4.39. The number of thiophene rings is 1. The highest BCUT2D eigenvalue weighted by atomic mass is 32.1. The number of rotatable bonds is 7. The Kier molecular flexibility index (Phi) is 7.50. The van der Waals surface area contributed by atoms with Gasteiger partial charge in [-0.25, -0.2) is 9.98 Å². The van der Waals surface area contributed by atoms with E-state index in [1.807, 2.05) is 37.6 Å². The zero-order valence-corrected chi connectivity index (χ0v) is 18.5. The van der Waals surface area contributed by atoms with Gasteiger partial charge in [0.2, 0.25) is 0 Å². The molecule has 3 N–H and O–H groups in total. The van der Waals surface area contributed by atoms with Gasteiger partial charge in [-0.05, 0) is 55.7 Å². The second-order valence-electron chi connectivity index (χ2n) is 7.99. The van der Waals surface area contributed by atoms with Gasteiger partial charge in [0.15, 0.2) is 5.96 Å². The molecule has 0 bridgehead atoms. The van der Waals surface area contributed by atoms with E-state index in [4.69, 9.17) is 0 Å². The van der Waals surface area contributed by atoms with Crippen molar-refractivity contribution in [1.29, 1.82) is 0 Å². The number of anilines is 1. The Morgan fingerprint density at radius 1 is 1.31 bits per heavy atom. The van der Waals surface area contributed by atoms with Crippen molar-refractivity contribution in [2.75, 3.05) is 31.1 Å². The van der Waals surface area contributed by atoms with Crippen LogP contribution in [0.3, 0.4) is 0 Å². The Hall–Kier alpha value is -2.12. The first-order valence-electron chi connectivity index (χ1n) is 10.5. The van der Waals surface area contributed by atoms with Gasteiger partial charge in [-0.1, -0.05) is 19.1 Å². The quantitative estimate of drug-likeness (QED) is 0.478. The van der Waals surface area contributed by atoms with E-state index in [1.54, 1.807) is 11.3 Å². The molecule has 1 saturated heterocycles. The molecule has 1 atom stereocenters. The number of hydrogen-bond donors (Lipinski definition) is 3. The Labute approximate surface area is 178 Å². The SMILES string of the molecule is CCNC(=NCc1ccc(N2CCC(C)CC2)nc1)NCC(C)(O)c1cccs1. The highest BCUT2D eigenvalue weighted by molar-refractivity contribution is 7.10. The van der Waals surface area contributed by atoms with Crippen LogP contribution in [0.15, 0.2) is 40.8 Å². The maximum absolute atomic E-state index is 10.7. The molecule has 7 heteroatoms. The average molecular weight is 416 g/mol. The molecule has 0 radical (unpaired) electrons. The second-order valence-corrected chi connectivity index (χ2v) is 8.94. The topological polar surface area (TPSA) is 72.8 Å². The first-order valence-corrected chi connectivity index (χ1v) is 11.3. The van der Waals surface area contributed by atoms with Gasteiger partial charge in [-0.2, -0.15) is 0 Å². The number of aliphatic hydroxyl groups is 1. The van der Waals surface area contributed by atoms with Gasteiger partial charge in [-0.3, -0.25) is 0 Å². The van der Waals surface area contributed by atoms with Gasteiger partial charge in [0.05, 0.1) is 13.1 Å². The molecule has 1 aliphatic heterocycles. The summed E-state index contributed by atoms with van der Waals surface area (Å²) in [6.45, 7) is 10.0. The molecule has 1 fully saturated rings. The number of aromatic nitrogens is 1. The molecule has 1 unspecified atom stereocenters. The standard InChI is InChI=1S/C22H33N5OS/c1-4-23-21(26-16-22(3,28)19-6-5-13-29-19)25-15-18-7-8-20(24-14-18)27-11-9-17(2)10-12-27/h5-8,13-14,17,28H,4,9-12,15-16H2,1-3H3,(H2,23,25,26). The highest BCUT2D eigenvalue weighted by Gasteiger charge is 2.24. The zero-order valence-electron chi connectivity index (χ0n) is 17.7. The van der Waals surface area contributed by atoms with Crippen LogP contribution >= 0.6 is 11.3 Å². The van der Waals surface area contributed by atoms with Crippen LogP contribution < -0.4 is 15.5 Å². The van der Waals surface area contributed by atoms with Crippen LogP contribution in [0, 0.1) is 5.92 Å². The summed E-state index contributed by atoms with van der Waals surface area (Å²) in [4.78, 5) is 12.6. The molecule has 3 rings (SSSR count). The van der Waals surface area contributed by atoms with Crippen LogP contribution in [0.25, 0.3) is 0 Å². The van der Waals surface area contributed by atoms with Crippen LogP contribution in [0.1, 0.15) is 44.1 Å². The minimum absolute atomic E-state index is 0.393. The van der Waals surface area contributed by atoms with Crippen LogP contribution in [0.4, 0.5) is 5.82 Å². The molecule has 2 aromatic heterocycles. The number of nitrogens with one attached hydrogen (secondary N) is 2. The summed E-state index contributed by atoms with van der Waals surface area (Å²) in [5.41, 5.74) is 0.140. The lowest BCUT2D eigenvalue weighted by molar-refractivity contribution is 0.0655. The van der Waals surface area contributed by atoms with Crippen molar-refractivity contribution < 1.29 is 5.11 Å². The van der Waals surface area contributed by atoms with E-state index in [0.717, 1.165) is 41.8 Å². The normalized spacial score (nSPS) is 17.8. The fourth-order valence-corrected chi connectivity index (χ4v) is 4.16. The summed E-state index contributed by atoms with van der Waals surface area (Å²) in [5.74, 6) is 2.57. The van der Waals surface area contributed by atoms with E-state index in [0.29, 0.717) is 19.0 Å². The summed E-state index contributed by atoms with van der Waals surface area (Å²) < 4.78 is 0. The van der Waals surface area contributed by atoms with Crippen molar-refractivity contribution in [2.45, 2.75) is 45.8 Å². The summed E-state index contributed by atoms with van der Waals surface area (Å²) in [5, 5.41) is 19.2. The maximum Gasteiger partial charge on any atom is 0.191 e. The van der Waals surface area contributed by atoms with Gasteiger partial charge in [0, 0.05) is 30.7 Å². The second kappa shape index (κ2) is 10.1. The lowest BCUT2D eigenvalue weighted by atomic mass is 9.99. The molecule has 158 valence electrons. The molecule has 29 heavy (non-hydrogen) atoms. The molecule has 0 amide bonds. The number of piperidine rings is 1. The molecule has 2 aromatic rings. The van der Waals surface area contributed by atoms with Gasteiger partial charge in [0.1, 0.15) is 11.4 Å². The molecule has 0 saturated carbocycles. The zero-order chi connectivity index (χ0) is 20.7. The summed E-state index contributed by atoms with van der Waals surface area (Å²) >= 11 is 1.56. The monoisotopic (exact) mass is 415 g/mol. The summed E-state index contributed by atoms with van der Waals surface area (Å²) in [7, 11) is 0. The van der Waals surface area contributed by atoms with Crippen LogP contribution in [-0.4, -0.2) is 42.2 Å². The highest BCUT2D eigenvalue weighted by Crippen LogP contribution is 2.24. The molecular formula is C22H33N5OS. The predicted molar refractivity (Wildman–Crippen MR) is 122 cm³/mol. The smallest absolute Gasteiger partial charge is 0.191 e. The number of aliphatic imine (C=N–C) groups is 1. The molecule has 3 heterocycles. The molecule has 0 aliphatic carbocycles. The lowest BCUT2D eigenvalue weighted by Crippen LogP contribution is -2.44. The molecule has 0 spiro atoms. The van der Waals surface area contributed by atoms with Crippen molar-refractivity contribution in [3.63, 3.8) is 0 Å². The molecule has 0 aromatic carbocycles. The van der Waals surface area contributed by atoms with Crippen LogP contribution in [0.2, 0.25) is 0 Å². The molecule has 1 aliphatic rings. The van der Waals surface area contributed by atoms with Crippen molar-refractivity contribution in [1.82, 2.24) is 15.6 Å². The van der Waals surface area contributed by atoms with Crippen molar-refractivity contribution >= 4 is 23.1 Å². The third-order valence-corrected chi connectivity index (χ3v) is 6.46. The van der Waals surface area contributed by atoms with Gasteiger partial charge in [0.25, 0.3) is 0 Å². The lowest BCUT2D eigenvalue weighted by Gasteiger charge is -2.31. The van der Waals surface area contributed by atoms with Crippen LogP contribution in [-0.2, 0) is 12.1 Å². The predicted octanol–water partition coefficient (Wildman–Crippen LogP) is 3.34. The van der Waals surface area contributed by atoms with Crippen molar-refractivity contribution in [3.05, 3.63) is 46.3 Å². The Morgan fingerprint density at radius 2 is 2.10 bits per heavy atom. The Bertz CT molecular complexity index is 765. The fourth-order valence-electron chi connectivity index (χ4n) is 3.38. The minimum Gasteiger partial charge on any atom is -0.383 e. The third-order valence-electron chi connectivity index (χ3n) is 5.33. The van der Waals surface area contributed by atoms with E-state index in [2.05, 4.69) is 44.6 Å². The fraction of sp³-hybridized carbons (Fsp3) is 0.545. The number of pyridine rings is 1. The van der Waals surface area contributed by atoms with E-state index < -0.39 is 5.60 Å². The van der Waals surface area contributed by atoms with E-state index >= 15 is 0 Å². The maximum atomic E-state index is 10.7. The van der Waals surface area contributed by atoms with Crippen molar-refractivity contribution in [3.8, 4) is 0 Å². The first-order chi connectivity index (χ1) is 14.0. The minimum atomic E-state index is -0.931. The average Bonchev–Trinajstić information content (AvgIpc) is 3.27. The van der Waals surface area contributed by atoms with E-state index in [1.165, 1.54) is 12.8 Å².